The first-order valence-electron chi connectivity index (χ1n) is 5.35. The first-order chi connectivity index (χ1) is 9.08. The lowest BCUT2D eigenvalue weighted by molar-refractivity contribution is -0.113. The summed E-state index contributed by atoms with van der Waals surface area (Å²) in [6.45, 7) is 0. The molecule has 0 radical (unpaired) electrons. The lowest BCUT2D eigenvalue weighted by atomic mass is 10.3. The van der Waals surface area contributed by atoms with E-state index in [4.69, 9.17) is 5.73 Å². The van der Waals surface area contributed by atoms with Crippen molar-refractivity contribution in [2.45, 2.75) is 5.16 Å². The van der Waals surface area contributed by atoms with Gasteiger partial charge in [-0.2, -0.15) is 0 Å². The van der Waals surface area contributed by atoms with Crippen molar-refractivity contribution < 1.29 is 9.59 Å². The number of rotatable bonds is 5. The number of carbonyl (C=O) groups is 2. The molecule has 0 aromatic carbocycles. The number of aryl methyl sites for hydroxylation is 1. The van der Waals surface area contributed by atoms with E-state index in [1.54, 1.807) is 17.6 Å². The Balaban J connectivity index is 1.93. The van der Waals surface area contributed by atoms with E-state index in [1.807, 2.05) is 17.8 Å². The van der Waals surface area contributed by atoms with E-state index in [0.29, 0.717) is 10.6 Å². The van der Waals surface area contributed by atoms with Crippen LogP contribution in [-0.2, 0) is 11.8 Å². The van der Waals surface area contributed by atoms with Crippen molar-refractivity contribution in [3.05, 3.63) is 29.4 Å². The average Bonchev–Trinajstić information content (AvgIpc) is 2.95. The van der Waals surface area contributed by atoms with Crippen LogP contribution in [0.15, 0.2) is 29.0 Å². The van der Waals surface area contributed by atoms with Gasteiger partial charge in [-0.1, -0.05) is 11.8 Å². The number of anilines is 1. The van der Waals surface area contributed by atoms with Gasteiger partial charge in [0, 0.05) is 19.4 Å². The number of thiophene rings is 1. The molecule has 3 N–H and O–H groups in total. The van der Waals surface area contributed by atoms with Crippen molar-refractivity contribution in [3.8, 4) is 0 Å². The van der Waals surface area contributed by atoms with Crippen molar-refractivity contribution in [2.24, 2.45) is 12.8 Å². The highest BCUT2D eigenvalue weighted by atomic mass is 32.2. The second-order valence-electron chi connectivity index (χ2n) is 3.69. The molecular weight excluding hydrogens is 284 g/mol. The maximum Gasteiger partial charge on any atom is 0.251 e. The number of hydrogen-bond donors (Lipinski definition) is 2. The Morgan fingerprint density at radius 1 is 1.58 bits per heavy atom. The average molecular weight is 296 g/mol. The second kappa shape index (κ2) is 5.89. The molecule has 0 atom stereocenters. The van der Waals surface area contributed by atoms with Gasteiger partial charge in [0.05, 0.1) is 11.3 Å². The number of carbonyl (C=O) groups excluding carboxylic acids is 2. The molecule has 19 heavy (non-hydrogen) atoms. The molecule has 0 aliphatic heterocycles. The largest absolute Gasteiger partial charge is 0.366 e. The number of amides is 2. The molecule has 0 unspecified atom stereocenters. The summed E-state index contributed by atoms with van der Waals surface area (Å²) < 4.78 is 1.83. The molecule has 0 aliphatic carbocycles. The monoisotopic (exact) mass is 296 g/mol. The zero-order chi connectivity index (χ0) is 13.8. The molecule has 0 saturated heterocycles. The molecule has 0 aliphatic rings. The number of hydrogen-bond acceptors (Lipinski definition) is 5. The maximum atomic E-state index is 11.8. The van der Waals surface area contributed by atoms with Gasteiger partial charge in [-0.25, -0.2) is 4.98 Å². The molecule has 8 heteroatoms. The molecule has 2 aromatic heterocycles. The zero-order valence-corrected chi connectivity index (χ0v) is 11.8. The molecule has 2 rings (SSSR count). The summed E-state index contributed by atoms with van der Waals surface area (Å²) in [4.78, 5) is 27.0. The molecule has 100 valence electrons. The minimum Gasteiger partial charge on any atom is -0.366 e. The van der Waals surface area contributed by atoms with E-state index in [9.17, 15) is 9.59 Å². The van der Waals surface area contributed by atoms with Gasteiger partial charge in [-0.05, 0) is 11.4 Å². The summed E-state index contributed by atoms with van der Waals surface area (Å²) in [5.74, 6) is -0.521. The van der Waals surface area contributed by atoms with Gasteiger partial charge >= 0.3 is 0 Å². The van der Waals surface area contributed by atoms with Gasteiger partial charge in [0.25, 0.3) is 5.91 Å². The second-order valence-corrected chi connectivity index (χ2v) is 5.54. The van der Waals surface area contributed by atoms with E-state index in [0.717, 1.165) is 5.16 Å². The fraction of sp³-hybridized carbons (Fsp3) is 0.182. The Bertz CT molecular complexity index is 605. The van der Waals surface area contributed by atoms with Crippen molar-refractivity contribution in [1.82, 2.24) is 9.55 Å². The van der Waals surface area contributed by atoms with Gasteiger partial charge in [-0.15, -0.1) is 11.3 Å². The predicted octanol–water partition coefficient (Wildman–Crippen LogP) is 1.31. The minimum absolute atomic E-state index is 0.196. The molecule has 6 nitrogen and oxygen atoms in total. The van der Waals surface area contributed by atoms with Crippen LogP contribution in [0.5, 0.6) is 0 Å². The van der Waals surface area contributed by atoms with E-state index in [-0.39, 0.29) is 11.7 Å². The van der Waals surface area contributed by atoms with Crippen LogP contribution in [0.4, 0.5) is 5.00 Å². The van der Waals surface area contributed by atoms with Crippen LogP contribution in [0.3, 0.4) is 0 Å². The number of nitrogens with zero attached hydrogens (tertiary/aromatic N) is 2. The van der Waals surface area contributed by atoms with Crippen molar-refractivity contribution >= 4 is 39.9 Å². The van der Waals surface area contributed by atoms with Crippen LogP contribution >= 0.6 is 23.1 Å². The molecule has 2 heterocycles. The lowest BCUT2D eigenvalue weighted by Crippen LogP contribution is -2.17. The first-order valence-corrected chi connectivity index (χ1v) is 7.21. The predicted molar refractivity (Wildman–Crippen MR) is 75.4 cm³/mol. The topological polar surface area (TPSA) is 90.0 Å². The van der Waals surface area contributed by atoms with Crippen LogP contribution in [0, 0.1) is 0 Å². The summed E-state index contributed by atoms with van der Waals surface area (Å²) in [5, 5.41) is 5.63. The highest BCUT2D eigenvalue weighted by Gasteiger charge is 2.13. The van der Waals surface area contributed by atoms with Gasteiger partial charge in [0.1, 0.15) is 5.00 Å². The highest BCUT2D eigenvalue weighted by Crippen LogP contribution is 2.23. The summed E-state index contributed by atoms with van der Waals surface area (Å²) in [6.07, 6.45) is 3.48. The summed E-state index contributed by atoms with van der Waals surface area (Å²) >= 11 is 2.60. The van der Waals surface area contributed by atoms with Crippen molar-refractivity contribution in [1.29, 1.82) is 0 Å². The van der Waals surface area contributed by atoms with Gasteiger partial charge in [-0.3, -0.25) is 9.59 Å². The Morgan fingerprint density at radius 2 is 2.37 bits per heavy atom. The fourth-order valence-corrected chi connectivity index (χ4v) is 2.92. The Kier molecular flexibility index (Phi) is 4.23. The third-order valence-corrected chi connectivity index (χ3v) is 4.18. The highest BCUT2D eigenvalue weighted by molar-refractivity contribution is 7.99. The summed E-state index contributed by atoms with van der Waals surface area (Å²) in [6, 6.07) is 1.59. The molecule has 2 amide bonds. The first kappa shape index (κ1) is 13.6. The molecule has 0 spiro atoms. The smallest absolute Gasteiger partial charge is 0.251 e. The van der Waals surface area contributed by atoms with E-state index in [2.05, 4.69) is 10.3 Å². The molecule has 0 fully saturated rings. The molecular formula is C11H12N4O2S2. The van der Waals surface area contributed by atoms with Crippen LogP contribution in [0.25, 0.3) is 0 Å². The Labute approximate surface area is 118 Å². The SMILES string of the molecule is Cn1ccnc1SCC(=O)Nc1sccc1C(N)=O. The Morgan fingerprint density at radius 3 is 3.00 bits per heavy atom. The van der Waals surface area contributed by atoms with Crippen LogP contribution in [-0.4, -0.2) is 27.1 Å². The number of imidazole rings is 1. The van der Waals surface area contributed by atoms with Crippen LogP contribution in [0.1, 0.15) is 10.4 Å². The normalized spacial score (nSPS) is 10.4. The minimum atomic E-state index is -0.548. The van der Waals surface area contributed by atoms with Crippen LogP contribution in [0.2, 0.25) is 0 Å². The molecule has 2 aromatic rings. The molecule has 0 bridgehead atoms. The Hall–Kier alpha value is -1.80. The summed E-state index contributed by atoms with van der Waals surface area (Å²) in [5.41, 5.74) is 5.54. The third kappa shape index (κ3) is 3.36. The molecule has 0 saturated carbocycles. The standard InChI is InChI=1S/C11H12N4O2S2/c1-15-4-3-13-11(15)19-6-8(16)14-10-7(9(12)17)2-5-18-10/h2-5H,6H2,1H3,(H2,12,17)(H,14,16). The number of nitrogens with two attached hydrogens (primary N) is 1. The van der Waals surface area contributed by atoms with Gasteiger partial charge in [0.2, 0.25) is 5.91 Å². The van der Waals surface area contributed by atoms with E-state index in [1.165, 1.54) is 23.1 Å². The van der Waals surface area contributed by atoms with Gasteiger partial charge in [0.15, 0.2) is 5.16 Å². The number of thioether (sulfide) groups is 1. The fourth-order valence-electron chi connectivity index (χ4n) is 1.38. The van der Waals surface area contributed by atoms with Crippen molar-refractivity contribution in [2.75, 3.05) is 11.1 Å². The van der Waals surface area contributed by atoms with E-state index < -0.39 is 5.91 Å². The maximum absolute atomic E-state index is 11.8. The number of nitrogens with one attached hydrogen (secondary N) is 1. The third-order valence-electron chi connectivity index (χ3n) is 2.29. The lowest BCUT2D eigenvalue weighted by Gasteiger charge is -2.04. The number of aromatic nitrogens is 2. The van der Waals surface area contributed by atoms with Crippen molar-refractivity contribution in [3.63, 3.8) is 0 Å². The van der Waals surface area contributed by atoms with Gasteiger partial charge < -0.3 is 15.6 Å². The van der Waals surface area contributed by atoms with Crippen LogP contribution < -0.4 is 11.1 Å². The number of primary amides is 1. The zero-order valence-electron chi connectivity index (χ0n) is 10.1. The van der Waals surface area contributed by atoms with E-state index >= 15 is 0 Å². The summed E-state index contributed by atoms with van der Waals surface area (Å²) in [7, 11) is 1.86. The quantitative estimate of drug-likeness (QED) is 0.814.